The summed E-state index contributed by atoms with van der Waals surface area (Å²) in [5.41, 5.74) is 1.91. The van der Waals surface area contributed by atoms with Gasteiger partial charge < -0.3 is 4.90 Å². The summed E-state index contributed by atoms with van der Waals surface area (Å²) < 4.78 is 27.0. The van der Waals surface area contributed by atoms with E-state index in [9.17, 15) is 8.42 Å². The molecule has 1 aliphatic heterocycles. The van der Waals surface area contributed by atoms with Crippen molar-refractivity contribution < 1.29 is 8.42 Å². The Hall–Kier alpha value is -0.910. The third kappa shape index (κ3) is 2.83. The van der Waals surface area contributed by atoms with Crippen molar-refractivity contribution in [3.8, 4) is 0 Å². The number of piperazine rings is 1. The predicted molar refractivity (Wildman–Crippen MR) is 76.8 cm³/mol. The normalized spacial score (nSPS) is 22.6. The van der Waals surface area contributed by atoms with Gasteiger partial charge in [-0.2, -0.15) is 4.31 Å². The van der Waals surface area contributed by atoms with Crippen LogP contribution in [0.5, 0.6) is 0 Å². The van der Waals surface area contributed by atoms with Crippen molar-refractivity contribution in [3.63, 3.8) is 0 Å². The van der Waals surface area contributed by atoms with Crippen LogP contribution in [0, 0.1) is 13.8 Å². The Bertz CT molecular complexity index is 569. The van der Waals surface area contributed by atoms with Crippen LogP contribution in [-0.4, -0.2) is 50.3 Å². The Morgan fingerprint density at radius 1 is 1.21 bits per heavy atom. The van der Waals surface area contributed by atoms with E-state index in [2.05, 4.69) is 11.8 Å². The molecule has 1 aliphatic rings. The van der Waals surface area contributed by atoms with Gasteiger partial charge in [0, 0.05) is 25.7 Å². The first kappa shape index (κ1) is 14.5. The maximum Gasteiger partial charge on any atom is 0.243 e. The van der Waals surface area contributed by atoms with Crippen molar-refractivity contribution >= 4 is 10.0 Å². The van der Waals surface area contributed by atoms with Crippen LogP contribution in [0.2, 0.25) is 0 Å². The highest BCUT2D eigenvalue weighted by atomic mass is 32.2. The number of hydrogen-bond acceptors (Lipinski definition) is 3. The lowest BCUT2D eigenvalue weighted by Gasteiger charge is -2.37. The molecule has 5 heteroatoms. The van der Waals surface area contributed by atoms with Gasteiger partial charge in [-0.05, 0) is 39.4 Å². The van der Waals surface area contributed by atoms with Crippen LogP contribution < -0.4 is 0 Å². The molecule has 1 aromatic carbocycles. The monoisotopic (exact) mass is 282 g/mol. The van der Waals surface area contributed by atoms with Crippen LogP contribution in [-0.2, 0) is 10.0 Å². The summed E-state index contributed by atoms with van der Waals surface area (Å²) in [4.78, 5) is 2.63. The second-order valence-electron chi connectivity index (χ2n) is 5.46. The van der Waals surface area contributed by atoms with Crippen LogP contribution in [0.25, 0.3) is 0 Å². The molecule has 0 aliphatic carbocycles. The van der Waals surface area contributed by atoms with Crippen LogP contribution in [0.15, 0.2) is 23.1 Å². The Labute approximate surface area is 116 Å². The van der Waals surface area contributed by atoms with E-state index < -0.39 is 10.0 Å². The van der Waals surface area contributed by atoms with Crippen LogP contribution >= 0.6 is 0 Å². The Morgan fingerprint density at radius 3 is 2.47 bits per heavy atom. The van der Waals surface area contributed by atoms with Crippen molar-refractivity contribution in [2.24, 2.45) is 0 Å². The third-order valence-corrected chi connectivity index (χ3v) is 5.90. The molecule has 0 N–H and O–H groups in total. The predicted octanol–water partition coefficient (Wildman–Crippen LogP) is 1.63. The molecule has 1 heterocycles. The largest absolute Gasteiger partial charge is 0.301 e. The van der Waals surface area contributed by atoms with Gasteiger partial charge in [-0.25, -0.2) is 8.42 Å². The Kier molecular flexibility index (Phi) is 3.99. The average molecular weight is 282 g/mol. The third-order valence-electron chi connectivity index (χ3n) is 3.87. The molecule has 1 atom stereocenters. The molecule has 1 fully saturated rings. The fraction of sp³-hybridized carbons (Fsp3) is 0.571. The molecule has 0 amide bonds. The van der Waals surface area contributed by atoms with Gasteiger partial charge in [0.05, 0.1) is 4.90 Å². The molecule has 106 valence electrons. The summed E-state index contributed by atoms with van der Waals surface area (Å²) in [6, 6.07) is 5.77. The molecule has 0 bridgehead atoms. The van der Waals surface area contributed by atoms with E-state index in [0.29, 0.717) is 18.0 Å². The molecule has 0 saturated carbocycles. The van der Waals surface area contributed by atoms with Gasteiger partial charge in [-0.15, -0.1) is 0 Å². The summed E-state index contributed by atoms with van der Waals surface area (Å²) >= 11 is 0. The number of aryl methyl sites for hydroxylation is 2. The van der Waals surface area contributed by atoms with Crippen LogP contribution in [0.3, 0.4) is 0 Å². The summed E-state index contributed by atoms with van der Waals surface area (Å²) in [7, 11) is -1.33. The smallest absolute Gasteiger partial charge is 0.243 e. The molecule has 4 nitrogen and oxygen atoms in total. The van der Waals surface area contributed by atoms with Crippen LogP contribution in [0.4, 0.5) is 0 Å². The SMILES string of the molecule is Cc1ccc(S(=O)(=O)N2CCN(C)C(C)C2)c(C)c1. The van der Waals surface area contributed by atoms with Gasteiger partial charge in [0.15, 0.2) is 0 Å². The minimum Gasteiger partial charge on any atom is -0.301 e. The second kappa shape index (κ2) is 5.23. The topological polar surface area (TPSA) is 40.6 Å². The molecule has 0 radical (unpaired) electrons. The molecule has 1 aromatic rings. The maximum atomic E-state index is 12.7. The zero-order chi connectivity index (χ0) is 14.2. The highest BCUT2D eigenvalue weighted by molar-refractivity contribution is 7.89. The summed E-state index contributed by atoms with van der Waals surface area (Å²) in [5.74, 6) is 0. The summed E-state index contributed by atoms with van der Waals surface area (Å²) in [6.07, 6.45) is 0. The number of sulfonamides is 1. The average Bonchev–Trinajstić information content (AvgIpc) is 2.32. The van der Waals surface area contributed by atoms with Crippen LogP contribution in [0.1, 0.15) is 18.1 Å². The quantitative estimate of drug-likeness (QED) is 0.828. The molecule has 1 unspecified atom stereocenters. The van der Waals surface area contributed by atoms with Gasteiger partial charge in [0.25, 0.3) is 0 Å². The number of nitrogens with zero attached hydrogens (tertiary/aromatic N) is 2. The van der Waals surface area contributed by atoms with Crippen molar-refractivity contribution in [3.05, 3.63) is 29.3 Å². The zero-order valence-electron chi connectivity index (χ0n) is 12.0. The fourth-order valence-corrected chi connectivity index (χ4v) is 4.18. The van der Waals surface area contributed by atoms with Crippen molar-refractivity contribution in [2.75, 3.05) is 26.7 Å². The lowest BCUT2D eigenvalue weighted by molar-refractivity contribution is 0.159. The number of likely N-dealkylation sites (N-methyl/N-ethyl adjacent to an activating group) is 1. The molecule has 19 heavy (non-hydrogen) atoms. The summed E-state index contributed by atoms with van der Waals surface area (Å²) in [5, 5.41) is 0. The van der Waals surface area contributed by atoms with Gasteiger partial charge in [0.2, 0.25) is 10.0 Å². The molecular formula is C14H22N2O2S. The summed E-state index contributed by atoms with van der Waals surface area (Å²) in [6.45, 7) is 7.80. The van der Waals surface area contributed by atoms with E-state index in [1.54, 1.807) is 10.4 Å². The van der Waals surface area contributed by atoms with E-state index in [0.717, 1.165) is 17.7 Å². The highest BCUT2D eigenvalue weighted by Crippen LogP contribution is 2.23. The molecule has 0 spiro atoms. The maximum absolute atomic E-state index is 12.7. The van der Waals surface area contributed by atoms with E-state index in [1.165, 1.54) is 0 Å². The van der Waals surface area contributed by atoms with Crippen molar-refractivity contribution in [2.45, 2.75) is 31.7 Å². The minimum absolute atomic E-state index is 0.259. The molecule has 0 aromatic heterocycles. The molecule has 1 saturated heterocycles. The minimum atomic E-state index is -3.36. The Morgan fingerprint density at radius 2 is 1.89 bits per heavy atom. The van der Waals surface area contributed by atoms with E-state index >= 15 is 0 Å². The van der Waals surface area contributed by atoms with Gasteiger partial charge in [-0.1, -0.05) is 17.7 Å². The molecular weight excluding hydrogens is 260 g/mol. The van der Waals surface area contributed by atoms with Gasteiger partial charge in [0.1, 0.15) is 0 Å². The van der Waals surface area contributed by atoms with Gasteiger partial charge in [-0.3, -0.25) is 0 Å². The number of hydrogen-bond donors (Lipinski definition) is 0. The lowest BCUT2D eigenvalue weighted by Crippen LogP contribution is -2.51. The first-order valence-corrected chi connectivity index (χ1v) is 8.04. The number of benzene rings is 1. The number of rotatable bonds is 2. The highest BCUT2D eigenvalue weighted by Gasteiger charge is 2.31. The standard InChI is InChI=1S/C14H22N2O2S/c1-11-5-6-14(12(2)9-11)19(17,18)16-8-7-15(4)13(3)10-16/h5-6,9,13H,7-8,10H2,1-4H3. The fourth-order valence-electron chi connectivity index (χ4n) is 2.46. The van der Waals surface area contributed by atoms with Gasteiger partial charge >= 0.3 is 0 Å². The Balaban J connectivity index is 2.32. The molecule has 2 rings (SSSR count). The second-order valence-corrected chi connectivity index (χ2v) is 7.37. The van der Waals surface area contributed by atoms with E-state index in [-0.39, 0.29) is 6.04 Å². The first-order valence-electron chi connectivity index (χ1n) is 6.60. The first-order chi connectivity index (χ1) is 8.82. The van der Waals surface area contributed by atoms with Crippen molar-refractivity contribution in [1.29, 1.82) is 0 Å². The van der Waals surface area contributed by atoms with E-state index in [1.807, 2.05) is 33.0 Å². The zero-order valence-corrected chi connectivity index (χ0v) is 12.9. The van der Waals surface area contributed by atoms with Crippen molar-refractivity contribution in [1.82, 2.24) is 9.21 Å². The lowest BCUT2D eigenvalue weighted by atomic mass is 10.2. The van der Waals surface area contributed by atoms with E-state index in [4.69, 9.17) is 0 Å².